The van der Waals surface area contributed by atoms with E-state index in [1.165, 1.54) is 0 Å². The highest BCUT2D eigenvalue weighted by Gasteiger charge is 2.23. The minimum Gasteiger partial charge on any atom is -0.508 e. The van der Waals surface area contributed by atoms with Crippen molar-refractivity contribution >= 4 is 11.6 Å². The minimum absolute atomic E-state index is 0.159. The number of carbonyl (C=O) groups is 1. The standard InChI is InChI=1S/C15H15N3O3/c19-12-4-1-3-10(7-12)14-16-8-11(9-17-14)18-15(20)13-5-2-6-21-13/h1,3-4,7-9,13,19H,2,5-6H2,(H,18,20)/t13-/m1/s1. The number of rotatable bonds is 3. The van der Waals surface area contributed by atoms with Gasteiger partial charge in [0.05, 0.1) is 18.1 Å². The van der Waals surface area contributed by atoms with E-state index in [4.69, 9.17) is 4.74 Å². The topological polar surface area (TPSA) is 84.3 Å². The van der Waals surface area contributed by atoms with Gasteiger partial charge in [0.15, 0.2) is 5.82 Å². The Balaban J connectivity index is 1.70. The third-order valence-electron chi connectivity index (χ3n) is 3.25. The molecule has 0 saturated carbocycles. The molecule has 1 aromatic carbocycles. The zero-order valence-electron chi connectivity index (χ0n) is 11.3. The summed E-state index contributed by atoms with van der Waals surface area (Å²) in [6.07, 6.45) is 4.35. The first-order valence-corrected chi connectivity index (χ1v) is 6.76. The minimum atomic E-state index is -0.379. The van der Waals surface area contributed by atoms with Crippen LogP contribution in [0.4, 0.5) is 5.69 Å². The zero-order chi connectivity index (χ0) is 14.7. The fourth-order valence-electron chi connectivity index (χ4n) is 2.19. The van der Waals surface area contributed by atoms with Gasteiger partial charge in [0.2, 0.25) is 0 Å². The molecule has 1 aliphatic heterocycles. The van der Waals surface area contributed by atoms with E-state index in [0.29, 0.717) is 23.7 Å². The first-order chi connectivity index (χ1) is 10.2. The lowest BCUT2D eigenvalue weighted by Crippen LogP contribution is -2.26. The summed E-state index contributed by atoms with van der Waals surface area (Å²) in [5, 5.41) is 12.2. The van der Waals surface area contributed by atoms with Crippen molar-refractivity contribution in [3.63, 3.8) is 0 Å². The van der Waals surface area contributed by atoms with Crippen LogP contribution in [0.5, 0.6) is 5.75 Å². The lowest BCUT2D eigenvalue weighted by molar-refractivity contribution is -0.124. The lowest BCUT2D eigenvalue weighted by Gasteiger charge is -2.10. The number of phenolic OH excluding ortho intramolecular Hbond substituents is 1. The highest BCUT2D eigenvalue weighted by atomic mass is 16.5. The van der Waals surface area contributed by atoms with E-state index in [1.807, 2.05) is 0 Å². The van der Waals surface area contributed by atoms with E-state index in [1.54, 1.807) is 36.7 Å². The third kappa shape index (κ3) is 3.17. The van der Waals surface area contributed by atoms with Gasteiger partial charge in [0, 0.05) is 12.2 Å². The molecule has 1 saturated heterocycles. The summed E-state index contributed by atoms with van der Waals surface area (Å²) in [5.41, 5.74) is 1.24. The largest absolute Gasteiger partial charge is 0.508 e. The number of nitrogens with zero attached hydrogens (tertiary/aromatic N) is 2. The Morgan fingerprint density at radius 3 is 2.81 bits per heavy atom. The second-order valence-electron chi connectivity index (χ2n) is 4.84. The van der Waals surface area contributed by atoms with Crippen molar-refractivity contribution in [3.8, 4) is 17.1 Å². The van der Waals surface area contributed by atoms with Crippen molar-refractivity contribution in [2.75, 3.05) is 11.9 Å². The monoisotopic (exact) mass is 285 g/mol. The molecular formula is C15H15N3O3. The van der Waals surface area contributed by atoms with Gasteiger partial charge in [-0.2, -0.15) is 0 Å². The molecule has 2 heterocycles. The van der Waals surface area contributed by atoms with Gasteiger partial charge in [-0.25, -0.2) is 9.97 Å². The molecule has 1 amide bonds. The maximum Gasteiger partial charge on any atom is 0.253 e. The van der Waals surface area contributed by atoms with Crippen molar-refractivity contribution in [1.29, 1.82) is 0 Å². The maximum atomic E-state index is 11.9. The Morgan fingerprint density at radius 1 is 1.33 bits per heavy atom. The molecule has 0 unspecified atom stereocenters. The quantitative estimate of drug-likeness (QED) is 0.900. The van der Waals surface area contributed by atoms with E-state index in [2.05, 4.69) is 15.3 Å². The van der Waals surface area contributed by atoms with Gasteiger partial charge >= 0.3 is 0 Å². The van der Waals surface area contributed by atoms with Crippen LogP contribution < -0.4 is 5.32 Å². The molecule has 6 heteroatoms. The van der Waals surface area contributed by atoms with E-state index < -0.39 is 0 Å². The molecule has 1 atom stereocenters. The third-order valence-corrected chi connectivity index (χ3v) is 3.25. The number of nitrogens with one attached hydrogen (secondary N) is 1. The second-order valence-corrected chi connectivity index (χ2v) is 4.84. The summed E-state index contributed by atoms with van der Waals surface area (Å²) < 4.78 is 5.31. The Kier molecular flexibility index (Phi) is 3.79. The summed E-state index contributed by atoms with van der Waals surface area (Å²) in [4.78, 5) is 20.3. The van der Waals surface area contributed by atoms with E-state index in [9.17, 15) is 9.90 Å². The molecule has 108 valence electrons. The van der Waals surface area contributed by atoms with Gasteiger partial charge in [0.25, 0.3) is 5.91 Å². The van der Waals surface area contributed by atoms with Gasteiger partial charge in [-0.05, 0) is 25.0 Å². The molecular weight excluding hydrogens is 270 g/mol. The van der Waals surface area contributed by atoms with E-state index in [0.717, 1.165) is 12.8 Å². The van der Waals surface area contributed by atoms with Crippen LogP contribution in [-0.4, -0.2) is 33.7 Å². The highest BCUT2D eigenvalue weighted by molar-refractivity contribution is 5.94. The Morgan fingerprint density at radius 2 is 2.14 bits per heavy atom. The number of hydrogen-bond acceptors (Lipinski definition) is 5. The number of anilines is 1. The number of aromatic hydroxyl groups is 1. The summed E-state index contributed by atoms with van der Waals surface area (Å²) in [6.45, 7) is 0.630. The molecule has 0 spiro atoms. The van der Waals surface area contributed by atoms with Crippen molar-refractivity contribution < 1.29 is 14.6 Å². The average Bonchev–Trinajstić information content (AvgIpc) is 3.02. The van der Waals surface area contributed by atoms with Crippen molar-refractivity contribution in [2.24, 2.45) is 0 Å². The number of ether oxygens (including phenoxy) is 1. The van der Waals surface area contributed by atoms with Gasteiger partial charge in [-0.1, -0.05) is 12.1 Å². The number of aromatic nitrogens is 2. The molecule has 1 fully saturated rings. The average molecular weight is 285 g/mol. The predicted octanol–water partition coefficient (Wildman–Crippen LogP) is 1.97. The second kappa shape index (κ2) is 5.88. The molecule has 2 N–H and O–H groups in total. The molecule has 2 aromatic rings. The van der Waals surface area contributed by atoms with Crippen LogP contribution >= 0.6 is 0 Å². The molecule has 3 rings (SSSR count). The Hall–Kier alpha value is -2.47. The molecule has 6 nitrogen and oxygen atoms in total. The number of amides is 1. The SMILES string of the molecule is O=C(Nc1cnc(-c2cccc(O)c2)nc1)[C@H]1CCCO1. The number of carbonyl (C=O) groups excluding carboxylic acids is 1. The molecule has 1 aromatic heterocycles. The van der Waals surface area contributed by atoms with E-state index >= 15 is 0 Å². The molecule has 1 aliphatic rings. The zero-order valence-corrected chi connectivity index (χ0v) is 11.3. The van der Waals surface area contributed by atoms with Gasteiger partial charge < -0.3 is 15.2 Å². The van der Waals surface area contributed by atoms with Crippen molar-refractivity contribution in [1.82, 2.24) is 9.97 Å². The number of benzene rings is 1. The fourth-order valence-corrected chi connectivity index (χ4v) is 2.19. The number of hydrogen-bond donors (Lipinski definition) is 2. The van der Waals surface area contributed by atoms with Gasteiger partial charge in [-0.3, -0.25) is 4.79 Å². The van der Waals surface area contributed by atoms with Crippen molar-refractivity contribution in [2.45, 2.75) is 18.9 Å². The van der Waals surface area contributed by atoms with Gasteiger partial charge in [0.1, 0.15) is 11.9 Å². The van der Waals surface area contributed by atoms with Crippen LogP contribution in [0.15, 0.2) is 36.7 Å². The van der Waals surface area contributed by atoms with Crippen LogP contribution in [0, 0.1) is 0 Å². The fraction of sp³-hybridized carbons (Fsp3) is 0.267. The van der Waals surface area contributed by atoms with Crippen LogP contribution in [-0.2, 0) is 9.53 Å². The molecule has 21 heavy (non-hydrogen) atoms. The Labute approximate surface area is 121 Å². The molecule has 0 aliphatic carbocycles. The summed E-state index contributed by atoms with van der Waals surface area (Å²) in [7, 11) is 0. The first-order valence-electron chi connectivity index (χ1n) is 6.76. The van der Waals surface area contributed by atoms with Crippen LogP contribution in [0.1, 0.15) is 12.8 Å². The predicted molar refractivity (Wildman–Crippen MR) is 76.7 cm³/mol. The number of phenols is 1. The maximum absolute atomic E-state index is 11.9. The summed E-state index contributed by atoms with van der Waals surface area (Å²) in [5.74, 6) is 0.481. The molecule has 0 radical (unpaired) electrons. The van der Waals surface area contributed by atoms with E-state index in [-0.39, 0.29) is 17.8 Å². The highest BCUT2D eigenvalue weighted by Crippen LogP contribution is 2.20. The first kappa shape index (κ1) is 13.5. The van der Waals surface area contributed by atoms with Crippen molar-refractivity contribution in [3.05, 3.63) is 36.7 Å². The summed E-state index contributed by atoms with van der Waals surface area (Å²) >= 11 is 0. The van der Waals surface area contributed by atoms with Crippen LogP contribution in [0.25, 0.3) is 11.4 Å². The lowest BCUT2D eigenvalue weighted by atomic mass is 10.2. The summed E-state index contributed by atoms with van der Waals surface area (Å²) in [6, 6.07) is 6.69. The Bertz CT molecular complexity index is 637. The van der Waals surface area contributed by atoms with Gasteiger partial charge in [-0.15, -0.1) is 0 Å². The normalized spacial score (nSPS) is 17.6. The van der Waals surface area contributed by atoms with Crippen LogP contribution in [0.2, 0.25) is 0 Å². The van der Waals surface area contributed by atoms with Crippen LogP contribution in [0.3, 0.4) is 0 Å². The molecule has 0 bridgehead atoms. The smallest absolute Gasteiger partial charge is 0.253 e.